The minimum Gasteiger partial charge on any atom is -0.469 e. The van der Waals surface area contributed by atoms with Crippen LogP contribution in [0.3, 0.4) is 0 Å². The molecule has 1 aliphatic rings. The number of ether oxygens (including phenoxy) is 2. The van der Waals surface area contributed by atoms with Gasteiger partial charge in [0.2, 0.25) is 0 Å². The molecule has 2 rings (SSSR count). The molecule has 114 valence electrons. The van der Waals surface area contributed by atoms with Crippen LogP contribution in [-0.2, 0) is 20.9 Å². The third-order valence-corrected chi connectivity index (χ3v) is 3.79. The molecular weight excluding hydrogens is 270 g/mol. The van der Waals surface area contributed by atoms with Crippen molar-refractivity contribution in [1.82, 2.24) is 5.32 Å². The van der Waals surface area contributed by atoms with Gasteiger partial charge in [-0.05, 0) is 18.4 Å². The molecule has 1 N–H and O–H groups in total. The molecule has 0 aromatic heterocycles. The number of hydrogen-bond acceptors (Lipinski definition) is 4. The first-order chi connectivity index (χ1) is 10.2. The average molecular weight is 291 g/mol. The Morgan fingerprint density at radius 1 is 1.19 bits per heavy atom. The van der Waals surface area contributed by atoms with Crippen LogP contribution in [0.25, 0.3) is 0 Å². The largest absolute Gasteiger partial charge is 0.469 e. The van der Waals surface area contributed by atoms with Crippen molar-refractivity contribution in [3.63, 3.8) is 0 Å². The molecule has 1 saturated carbocycles. The minimum atomic E-state index is -0.486. The summed E-state index contributed by atoms with van der Waals surface area (Å²) in [5.74, 6) is -0.531. The molecule has 1 aromatic rings. The quantitative estimate of drug-likeness (QED) is 0.866. The van der Waals surface area contributed by atoms with Gasteiger partial charge in [-0.25, -0.2) is 4.79 Å². The van der Waals surface area contributed by atoms with E-state index in [-0.39, 0.29) is 24.5 Å². The molecule has 5 heteroatoms. The third kappa shape index (κ3) is 4.48. The number of rotatable bonds is 4. The number of carbonyl (C=O) groups is 2. The van der Waals surface area contributed by atoms with Crippen molar-refractivity contribution in [3.8, 4) is 0 Å². The van der Waals surface area contributed by atoms with Gasteiger partial charge in [-0.1, -0.05) is 43.2 Å². The summed E-state index contributed by atoms with van der Waals surface area (Å²) in [6.45, 7) is 0.224. The van der Waals surface area contributed by atoms with E-state index in [0.29, 0.717) is 0 Å². The van der Waals surface area contributed by atoms with E-state index < -0.39 is 6.09 Å². The molecule has 0 heterocycles. The second-order valence-electron chi connectivity index (χ2n) is 5.23. The van der Waals surface area contributed by atoms with Gasteiger partial charge < -0.3 is 14.8 Å². The first-order valence-corrected chi connectivity index (χ1v) is 7.25. The standard InChI is InChI=1S/C16H21NO4/c1-20-15(18)13-9-5-6-10-14(13)17-16(19)21-11-12-7-3-2-4-8-12/h2-4,7-8,13-14H,5-6,9-11H2,1H3,(H,17,19). The lowest BCUT2D eigenvalue weighted by Gasteiger charge is -2.29. The molecule has 2 atom stereocenters. The molecule has 21 heavy (non-hydrogen) atoms. The number of nitrogens with one attached hydrogen (secondary N) is 1. The van der Waals surface area contributed by atoms with Crippen LogP contribution in [0, 0.1) is 5.92 Å². The number of alkyl carbamates (subject to hydrolysis) is 1. The summed E-state index contributed by atoms with van der Waals surface area (Å²) in [6, 6.07) is 9.29. The fraction of sp³-hybridized carbons (Fsp3) is 0.500. The van der Waals surface area contributed by atoms with Gasteiger partial charge in [0.25, 0.3) is 0 Å². The summed E-state index contributed by atoms with van der Waals surface area (Å²) in [4.78, 5) is 23.6. The number of esters is 1. The summed E-state index contributed by atoms with van der Waals surface area (Å²) in [5, 5.41) is 2.79. The van der Waals surface area contributed by atoms with E-state index in [1.165, 1.54) is 7.11 Å². The average Bonchev–Trinajstić information content (AvgIpc) is 2.54. The van der Waals surface area contributed by atoms with Crippen molar-refractivity contribution in [1.29, 1.82) is 0 Å². The normalized spacial score (nSPS) is 21.4. The summed E-state index contributed by atoms with van der Waals surface area (Å²) >= 11 is 0. The highest BCUT2D eigenvalue weighted by Crippen LogP contribution is 2.25. The van der Waals surface area contributed by atoms with Crippen LogP contribution in [0.4, 0.5) is 4.79 Å². The number of benzene rings is 1. The summed E-state index contributed by atoms with van der Waals surface area (Å²) in [5.41, 5.74) is 0.931. The van der Waals surface area contributed by atoms with Crippen LogP contribution in [-0.4, -0.2) is 25.2 Å². The molecule has 0 radical (unpaired) electrons. The van der Waals surface area contributed by atoms with E-state index in [1.807, 2.05) is 30.3 Å². The Kier molecular flexibility index (Phi) is 5.60. The minimum absolute atomic E-state index is 0.200. The molecule has 1 fully saturated rings. The number of amides is 1. The Labute approximate surface area is 124 Å². The van der Waals surface area contributed by atoms with Crippen LogP contribution in [0.5, 0.6) is 0 Å². The molecule has 1 aromatic carbocycles. The Hall–Kier alpha value is -2.04. The highest BCUT2D eigenvalue weighted by atomic mass is 16.5. The van der Waals surface area contributed by atoms with Crippen molar-refractivity contribution in [2.75, 3.05) is 7.11 Å². The smallest absolute Gasteiger partial charge is 0.407 e. The fourth-order valence-electron chi connectivity index (χ4n) is 2.65. The predicted molar refractivity (Wildman–Crippen MR) is 77.5 cm³/mol. The first-order valence-electron chi connectivity index (χ1n) is 7.25. The second kappa shape index (κ2) is 7.67. The predicted octanol–water partition coefficient (Wildman–Crippen LogP) is 2.64. The van der Waals surface area contributed by atoms with Crippen LogP contribution in [0.15, 0.2) is 30.3 Å². The lowest BCUT2D eigenvalue weighted by molar-refractivity contribution is -0.147. The molecule has 0 saturated heterocycles. The maximum absolute atomic E-state index is 11.9. The van der Waals surface area contributed by atoms with E-state index in [9.17, 15) is 9.59 Å². The molecule has 1 amide bonds. The summed E-state index contributed by atoms with van der Waals surface area (Å²) < 4.78 is 9.99. The summed E-state index contributed by atoms with van der Waals surface area (Å²) in [7, 11) is 1.38. The van der Waals surface area contributed by atoms with E-state index in [4.69, 9.17) is 9.47 Å². The molecule has 0 bridgehead atoms. The number of hydrogen-bond donors (Lipinski definition) is 1. The van der Waals surface area contributed by atoms with Gasteiger partial charge in [0.05, 0.1) is 13.0 Å². The van der Waals surface area contributed by atoms with Crippen molar-refractivity contribution in [2.45, 2.75) is 38.3 Å². The van der Waals surface area contributed by atoms with Crippen molar-refractivity contribution < 1.29 is 19.1 Å². The fourth-order valence-corrected chi connectivity index (χ4v) is 2.65. The highest BCUT2D eigenvalue weighted by Gasteiger charge is 2.33. The molecule has 0 spiro atoms. The zero-order valence-electron chi connectivity index (χ0n) is 12.2. The molecular formula is C16H21NO4. The number of methoxy groups -OCH3 is 1. The van der Waals surface area contributed by atoms with Gasteiger partial charge >= 0.3 is 12.1 Å². The Balaban J connectivity index is 1.84. The zero-order chi connectivity index (χ0) is 15.1. The van der Waals surface area contributed by atoms with Gasteiger partial charge in [-0.3, -0.25) is 4.79 Å². The second-order valence-corrected chi connectivity index (χ2v) is 5.23. The van der Waals surface area contributed by atoms with Gasteiger partial charge in [0, 0.05) is 6.04 Å². The summed E-state index contributed by atoms with van der Waals surface area (Å²) in [6.07, 6.45) is 3.02. The maximum Gasteiger partial charge on any atom is 0.407 e. The third-order valence-electron chi connectivity index (χ3n) is 3.79. The SMILES string of the molecule is COC(=O)C1CCCCC1NC(=O)OCc1ccccc1. The van der Waals surface area contributed by atoms with E-state index >= 15 is 0 Å². The lowest BCUT2D eigenvalue weighted by Crippen LogP contribution is -2.45. The monoisotopic (exact) mass is 291 g/mol. The lowest BCUT2D eigenvalue weighted by atomic mass is 9.84. The van der Waals surface area contributed by atoms with Crippen molar-refractivity contribution >= 4 is 12.1 Å². The van der Waals surface area contributed by atoms with Gasteiger partial charge in [-0.2, -0.15) is 0 Å². The Morgan fingerprint density at radius 2 is 1.90 bits per heavy atom. The van der Waals surface area contributed by atoms with Gasteiger partial charge in [-0.15, -0.1) is 0 Å². The Bertz CT molecular complexity index is 474. The van der Waals surface area contributed by atoms with E-state index in [1.54, 1.807) is 0 Å². The van der Waals surface area contributed by atoms with Crippen molar-refractivity contribution in [3.05, 3.63) is 35.9 Å². The van der Waals surface area contributed by atoms with E-state index in [0.717, 1.165) is 31.2 Å². The molecule has 5 nitrogen and oxygen atoms in total. The van der Waals surface area contributed by atoms with Crippen LogP contribution < -0.4 is 5.32 Å². The molecule has 2 unspecified atom stereocenters. The van der Waals surface area contributed by atoms with Crippen LogP contribution in [0.1, 0.15) is 31.2 Å². The molecule has 1 aliphatic carbocycles. The highest BCUT2D eigenvalue weighted by molar-refractivity contribution is 5.75. The van der Waals surface area contributed by atoms with Gasteiger partial charge in [0.1, 0.15) is 6.61 Å². The topological polar surface area (TPSA) is 64.6 Å². The van der Waals surface area contributed by atoms with Crippen LogP contribution >= 0.6 is 0 Å². The zero-order valence-corrected chi connectivity index (χ0v) is 12.2. The van der Waals surface area contributed by atoms with Crippen LogP contribution in [0.2, 0.25) is 0 Å². The Morgan fingerprint density at radius 3 is 2.62 bits per heavy atom. The maximum atomic E-state index is 11.9. The van der Waals surface area contributed by atoms with E-state index in [2.05, 4.69) is 5.32 Å². The van der Waals surface area contributed by atoms with Crippen molar-refractivity contribution in [2.24, 2.45) is 5.92 Å². The first kappa shape index (κ1) is 15.4. The molecule has 0 aliphatic heterocycles. The number of carbonyl (C=O) groups excluding carboxylic acids is 2. The van der Waals surface area contributed by atoms with Gasteiger partial charge in [0.15, 0.2) is 0 Å².